The summed E-state index contributed by atoms with van der Waals surface area (Å²) in [5.74, 6) is 0. The Labute approximate surface area is 113 Å². The number of hydrogen-bond donors (Lipinski definition) is 1. The highest BCUT2D eigenvalue weighted by Crippen LogP contribution is 2.27. The quantitative estimate of drug-likeness (QED) is 0.861. The van der Waals surface area contributed by atoms with E-state index >= 15 is 0 Å². The summed E-state index contributed by atoms with van der Waals surface area (Å²) in [5.41, 5.74) is 6.75. The molecule has 2 rings (SSSR count). The predicted octanol–water partition coefficient (Wildman–Crippen LogP) is 0.890. The number of nitrogens with two attached hydrogens (primary N) is 1. The maximum Gasteiger partial charge on any atom is 0.185 e. The van der Waals surface area contributed by atoms with E-state index in [2.05, 4.69) is 21.7 Å². The summed E-state index contributed by atoms with van der Waals surface area (Å²) in [6.07, 6.45) is 0. The zero-order valence-corrected chi connectivity index (χ0v) is 12.0. The number of aromatic nitrogens is 1. The lowest BCUT2D eigenvalue weighted by molar-refractivity contribution is 0.181. The van der Waals surface area contributed by atoms with Crippen molar-refractivity contribution in [2.45, 2.75) is 20.1 Å². The number of likely N-dealkylation sites (N-methyl/N-ethyl adjacent to an activating group) is 1. The van der Waals surface area contributed by atoms with Gasteiger partial charge in [-0.3, -0.25) is 0 Å². The third-order valence-electron chi connectivity index (χ3n) is 3.32. The lowest BCUT2D eigenvalue weighted by atomic mass is 10.3. The Kier molecular flexibility index (Phi) is 4.94. The molecular weight excluding hydrogens is 248 g/mol. The van der Waals surface area contributed by atoms with E-state index in [0.717, 1.165) is 48.4 Å². The molecule has 1 saturated heterocycles. The molecule has 0 amide bonds. The van der Waals surface area contributed by atoms with Crippen molar-refractivity contribution in [2.24, 2.45) is 5.73 Å². The van der Waals surface area contributed by atoms with Crippen molar-refractivity contribution in [1.29, 1.82) is 0 Å². The number of nitrogens with zero attached hydrogens (tertiary/aromatic N) is 3. The topological polar surface area (TPSA) is 54.6 Å². The Bertz CT molecular complexity index is 374. The van der Waals surface area contributed by atoms with Gasteiger partial charge in [0, 0.05) is 44.7 Å². The number of piperazine rings is 1. The van der Waals surface area contributed by atoms with Crippen LogP contribution in [-0.4, -0.2) is 49.7 Å². The summed E-state index contributed by atoms with van der Waals surface area (Å²) in [6.45, 7) is 8.79. The lowest BCUT2D eigenvalue weighted by Crippen LogP contribution is -2.46. The lowest BCUT2D eigenvalue weighted by Gasteiger charge is -2.33. The summed E-state index contributed by atoms with van der Waals surface area (Å²) >= 11 is 1.71. The molecule has 102 valence electrons. The van der Waals surface area contributed by atoms with Gasteiger partial charge in [-0.05, 0) is 6.54 Å². The molecule has 1 aromatic heterocycles. The van der Waals surface area contributed by atoms with E-state index in [0.29, 0.717) is 13.2 Å². The highest BCUT2D eigenvalue weighted by Gasteiger charge is 2.20. The van der Waals surface area contributed by atoms with Crippen LogP contribution in [0.2, 0.25) is 0 Å². The first kappa shape index (κ1) is 13.7. The van der Waals surface area contributed by atoms with Crippen molar-refractivity contribution in [3.05, 3.63) is 10.6 Å². The fraction of sp³-hybridized carbons (Fsp3) is 0.750. The number of ether oxygens (including phenoxy) is 1. The molecule has 0 spiro atoms. The van der Waals surface area contributed by atoms with Gasteiger partial charge in [0.15, 0.2) is 5.13 Å². The molecule has 2 heterocycles. The van der Waals surface area contributed by atoms with Crippen molar-refractivity contribution in [3.8, 4) is 0 Å². The Morgan fingerprint density at radius 1 is 1.33 bits per heavy atom. The number of methoxy groups -OCH3 is 1. The van der Waals surface area contributed by atoms with E-state index < -0.39 is 0 Å². The normalized spacial score (nSPS) is 17.4. The molecule has 0 unspecified atom stereocenters. The summed E-state index contributed by atoms with van der Waals surface area (Å²) in [4.78, 5) is 10.6. The zero-order chi connectivity index (χ0) is 13.0. The van der Waals surface area contributed by atoms with E-state index in [1.807, 2.05) is 0 Å². The summed E-state index contributed by atoms with van der Waals surface area (Å²) in [6, 6.07) is 0. The van der Waals surface area contributed by atoms with Gasteiger partial charge in [0.1, 0.15) is 0 Å². The molecule has 1 aliphatic heterocycles. The molecule has 18 heavy (non-hydrogen) atoms. The van der Waals surface area contributed by atoms with Gasteiger partial charge in [-0.1, -0.05) is 6.92 Å². The molecule has 1 fully saturated rings. The maximum absolute atomic E-state index is 5.76. The predicted molar refractivity (Wildman–Crippen MR) is 75.0 cm³/mol. The first-order valence-electron chi connectivity index (χ1n) is 6.43. The average Bonchev–Trinajstić information content (AvgIpc) is 2.82. The molecule has 0 aromatic carbocycles. The maximum atomic E-state index is 5.76. The molecular formula is C12H22N4OS. The van der Waals surface area contributed by atoms with E-state index in [9.17, 15) is 0 Å². The van der Waals surface area contributed by atoms with Crippen molar-refractivity contribution in [1.82, 2.24) is 9.88 Å². The second kappa shape index (κ2) is 6.47. The Morgan fingerprint density at radius 2 is 2.06 bits per heavy atom. The van der Waals surface area contributed by atoms with E-state index in [1.54, 1.807) is 18.4 Å². The minimum absolute atomic E-state index is 0.547. The third kappa shape index (κ3) is 3.00. The van der Waals surface area contributed by atoms with Crippen LogP contribution in [0.5, 0.6) is 0 Å². The van der Waals surface area contributed by atoms with Gasteiger partial charge in [0.25, 0.3) is 0 Å². The van der Waals surface area contributed by atoms with Crippen molar-refractivity contribution >= 4 is 16.5 Å². The molecule has 5 nitrogen and oxygen atoms in total. The van der Waals surface area contributed by atoms with Crippen LogP contribution >= 0.6 is 11.3 Å². The Balaban J connectivity index is 2.05. The van der Waals surface area contributed by atoms with E-state index in [-0.39, 0.29) is 0 Å². The van der Waals surface area contributed by atoms with Crippen LogP contribution in [0.25, 0.3) is 0 Å². The molecule has 1 aromatic rings. The highest BCUT2D eigenvalue weighted by atomic mass is 32.1. The van der Waals surface area contributed by atoms with Gasteiger partial charge in [-0.25, -0.2) is 4.98 Å². The second-order valence-corrected chi connectivity index (χ2v) is 5.49. The molecule has 0 aliphatic carbocycles. The highest BCUT2D eigenvalue weighted by molar-refractivity contribution is 7.15. The van der Waals surface area contributed by atoms with Crippen LogP contribution in [0.4, 0.5) is 5.13 Å². The monoisotopic (exact) mass is 270 g/mol. The minimum Gasteiger partial charge on any atom is -0.378 e. The Hall–Kier alpha value is -0.690. The molecule has 1 aliphatic rings. The van der Waals surface area contributed by atoms with Gasteiger partial charge in [0.2, 0.25) is 0 Å². The molecule has 0 radical (unpaired) electrons. The van der Waals surface area contributed by atoms with Crippen LogP contribution in [0.15, 0.2) is 0 Å². The average molecular weight is 270 g/mol. The minimum atomic E-state index is 0.547. The van der Waals surface area contributed by atoms with Crippen LogP contribution in [0.1, 0.15) is 17.5 Å². The molecule has 0 atom stereocenters. The molecule has 2 N–H and O–H groups in total. The summed E-state index contributed by atoms with van der Waals surface area (Å²) in [7, 11) is 1.69. The smallest absolute Gasteiger partial charge is 0.185 e. The summed E-state index contributed by atoms with van der Waals surface area (Å²) in [5, 5.41) is 1.10. The van der Waals surface area contributed by atoms with Crippen molar-refractivity contribution < 1.29 is 4.74 Å². The van der Waals surface area contributed by atoms with Crippen molar-refractivity contribution in [2.75, 3.05) is 44.7 Å². The number of anilines is 1. The summed E-state index contributed by atoms with van der Waals surface area (Å²) < 4.78 is 5.17. The number of hydrogen-bond acceptors (Lipinski definition) is 6. The van der Waals surface area contributed by atoms with Gasteiger partial charge in [-0.2, -0.15) is 0 Å². The zero-order valence-electron chi connectivity index (χ0n) is 11.2. The van der Waals surface area contributed by atoms with E-state index in [1.165, 1.54) is 0 Å². The van der Waals surface area contributed by atoms with Gasteiger partial charge in [0.05, 0.1) is 12.3 Å². The Morgan fingerprint density at radius 3 is 2.61 bits per heavy atom. The standard InChI is InChI=1S/C12H22N4OS/c1-3-15-4-6-16(7-5-15)12-14-10(9-17-2)11(8-13)18-12/h3-9,13H2,1-2H3. The third-order valence-corrected chi connectivity index (χ3v) is 4.50. The van der Waals surface area contributed by atoms with E-state index in [4.69, 9.17) is 10.5 Å². The number of rotatable bonds is 5. The van der Waals surface area contributed by atoms with Crippen LogP contribution in [0, 0.1) is 0 Å². The fourth-order valence-corrected chi connectivity index (χ4v) is 3.16. The van der Waals surface area contributed by atoms with Crippen LogP contribution in [-0.2, 0) is 17.9 Å². The van der Waals surface area contributed by atoms with Gasteiger partial charge in [-0.15, -0.1) is 11.3 Å². The van der Waals surface area contributed by atoms with Crippen molar-refractivity contribution in [3.63, 3.8) is 0 Å². The van der Waals surface area contributed by atoms with Crippen LogP contribution < -0.4 is 10.6 Å². The fourth-order valence-electron chi connectivity index (χ4n) is 2.17. The van der Waals surface area contributed by atoms with Crippen LogP contribution in [0.3, 0.4) is 0 Å². The molecule has 0 bridgehead atoms. The first-order valence-corrected chi connectivity index (χ1v) is 7.25. The first-order chi connectivity index (χ1) is 8.78. The number of thiazole rings is 1. The second-order valence-electron chi connectivity index (χ2n) is 4.42. The SMILES string of the molecule is CCN1CCN(c2nc(COC)c(CN)s2)CC1. The molecule has 0 saturated carbocycles. The molecule has 6 heteroatoms. The van der Waals surface area contributed by atoms with Gasteiger partial charge >= 0.3 is 0 Å². The van der Waals surface area contributed by atoms with Gasteiger partial charge < -0.3 is 20.3 Å². The largest absolute Gasteiger partial charge is 0.378 e.